The van der Waals surface area contributed by atoms with E-state index in [4.69, 9.17) is 0 Å². The van der Waals surface area contributed by atoms with E-state index < -0.39 is 23.5 Å². The Balaban J connectivity index is 1.85. The molecule has 0 radical (unpaired) electrons. The minimum Gasteiger partial charge on any atom is -0.507 e. The number of benzene rings is 2. The summed E-state index contributed by atoms with van der Waals surface area (Å²) >= 11 is 0. The number of nitrogens with zero attached hydrogens (tertiary/aromatic N) is 2. The van der Waals surface area contributed by atoms with Crippen LogP contribution in [0.3, 0.4) is 0 Å². The van der Waals surface area contributed by atoms with Gasteiger partial charge in [0.15, 0.2) is 0 Å². The van der Waals surface area contributed by atoms with Crippen LogP contribution in [0.5, 0.6) is 0 Å². The molecule has 144 valence electrons. The number of amides is 1. The van der Waals surface area contributed by atoms with Crippen LogP contribution in [0, 0.1) is 5.82 Å². The molecule has 5 nitrogen and oxygen atoms in total. The van der Waals surface area contributed by atoms with Gasteiger partial charge in [0, 0.05) is 24.5 Å². The highest BCUT2D eigenvalue weighted by Gasteiger charge is 2.46. The van der Waals surface area contributed by atoms with Crippen LogP contribution in [0.2, 0.25) is 0 Å². The van der Waals surface area contributed by atoms with E-state index in [-0.39, 0.29) is 23.4 Å². The van der Waals surface area contributed by atoms with Gasteiger partial charge in [0.05, 0.1) is 11.6 Å². The fourth-order valence-electron chi connectivity index (χ4n) is 3.48. The summed E-state index contributed by atoms with van der Waals surface area (Å²) in [4.78, 5) is 31.2. The van der Waals surface area contributed by atoms with Crippen molar-refractivity contribution in [1.29, 1.82) is 0 Å². The number of halogens is 1. The molecule has 1 aliphatic rings. The van der Waals surface area contributed by atoms with Gasteiger partial charge in [-0.05, 0) is 41.5 Å². The van der Waals surface area contributed by atoms with E-state index >= 15 is 0 Å². The minimum atomic E-state index is -0.774. The van der Waals surface area contributed by atoms with Crippen LogP contribution in [0.25, 0.3) is 5.76 Å². The van der Waals surface area contributed by atoms with Gasteiger partial charge >= 0.3 is 0 Å². The van der Waals surface area contributed by atoms with Crippen LogP contribution in [0.4, 0.5) is 4.39 Å². The van der Waals surface area contributed by atoms with Crippen molar-refractivity contribution < 1.29 is 19.1 Å². The lowest BCUT2D eigenvalue weighted by Crippen LogP contribution is -2.29. The van der Waals surface area contributed by atoms with Crippen LogP contribution in [0.15, 0.2) is 84.7 Å². The molecule has 2 aromatic carbocycles. The summed E-state index contributed by atoms with van der Waals surface area (Å²) < 4.78 is 13.3. The number of hydrogen-bond acceptors (Lipinski definition) is 4. The molecule has 1 amide bonds. The zero-order chi connectivity index (χ0) is 20.4. The predicted octanol–water partition coefficient (Wildman–Crippen LogP) is 3.84. The molecule has 29 heavy (non-hydrogen) atoms. The summed E-state index contributed by atoms with van der Waals surface area (Å²) in [6, 6.07) is 17.0. The van der Waals surface area contributed by atoms with Gasteiger partial charge in [-0.1, -0.05) is 36.4 Å². The third kappa shape index (κ3) is 3.52. The van der Waals surface area contributed by atoms with E-state index in [1.165, 1.54) is 29.2 Å². The summed E-state index contributed by atoms with van der Waals surface area (Å²) in [6.07, 6.45) is 3.25. The third-order valence-electron chi connectivity index (χ3n) is 4.85. The normalized spacial score (nSPS) is 18.2. The van der Waals surface area contributed by atoms with Gasteiger partial charge in [-0.3, -0.25) is 14.6 Å². The molecule has 3 aromatic rings. The fraction of sp³-hybridized carbons (Fsp3) is 0.0870. The standard InChI is InChI=1S/C23H17FN2O3/c24-18-10-8-17(9-11-18)21(27)19-20(16-6-2-1-3-7-16)26(23(29)22(19)28)14-15-5-4-12-25-13-15/h1-13,20,27H,14H2/b21-19+/t20-/m1/s1. The van der Waals surface area contributed by atoms with Crippen molar-refractivity contribution >= 4 is 17.4 Å². The highest BCUT2D eigenvalue weighted by atomic mass is 19.1. The molecular formula is C23H17FN2O3. The highest BCUT2D eigenvalue weighted by molar-refractivity contribution is 6.46. The first-order valence-corrected chi connectivity index (χ1v) is 9.04. The zero-order valence-electron chi connectivity index (χ0n) is 15.3. The largest absolute Gasteiger partial charge is 0.507 e. The molecular weight excluding hydrogens is 371 g/mol. The summed E-state index contributed by atoms with van der Waals surface area (Å²) in [5, 5.41) is 10.9. The third-order valence-corrected chi connectivity index (χ3v) is 4.85. The Bertz CT molecular complexity index is 1080. The second-order valence-electron chi connectivity index (χ2n) is 6.71. The summed E-state index contributed by atoms with van der Waals surface area (Å²) in [5.41, 5.74) is 1.71. The fourth-order valence-corrected chi connectivity index (χ4v) is 3.48. The smallest absolute Gasteiger partial charge is 0.295 e. The molecule has 1 aliphatic heterocycles. The van der Waals surface area contributed by atoms with Crippen molar-refractivity contribution in [3.05, 3.63) is 107 Å². The maximum Gasteiger partial charge on any atom is 0.295 e. The molecule has 1 fully saturated rings. The summed E-state index contributed by atoms with van der Waals surface area (Å²) in [5.74, 6) is -2.26. The van der Waals surface area contributed by atoms with E-state index in [0.717, 1.165) is 5.56 Å². The van der Waals surface area contributed by atoms with E-state index in [1.807, 2.05) is 12.1 Å². The lowest BCUT2D eigenvalue weighted by molar-refractivity contribution is -0.140. The molecule has 0 bridgehead atoms. The number of likely N-dealkylation sites (tertiary alicyclic amines) is 1. The Morgan fingerprint density at radius 1 is 1.00 bits per heavy atom. The topological polar surface area (TPSA) is 70.5 Å². The molecule has 2 heterocycles. The first kappa shape index (κ1) is 18.6. The summed E-state index contributed by atoms with van der Waals surface area (Å²) in [6.45, 7) is 0.165. The molecule has 4 rings (SSSR count). The monoisotopic (exact) mass is 388 g/mol. The molecule has 0 aliphatic carbocycles. The van der Waals surface area contributed by atoms with Crippen LogP contribution in [-0.4, -0.2) is 26.7 Å². The molecule has 1 atom stereocenters. The minimum absolute atomic E-state index is 0.0169. The zero-order valence-corrected chi connectivity index (χ0v) is 15.3. The van der Waals surface area contributed by atoms with E-state index in [2.05, 4.69) is 4.98 Å². The number of pyridine rings is 1. The quantitative estimate of drug-likeness (QED) is 0.419. The van der Waals surface area contributed by atoms with Gasteiger partial charge in [-0.15, -0.1) is 0 Å². The number of carbonyl (C=O) groups excluding carboxylic acids is 2. The first-order chi connectivity index (χ1) is 14.1. The molecule has 1 saturated heterocycles. The summed E-state index contributed by atoms with van der Waals surface area (Å²) in [7, 11) is 0. The van der Waals surface area contributed by atoms with Crippen molar-refractivity contribution in [3.63, 3.8) is 0 Å². The van der Waals surface area contributed by atoms with E-state index in [9.17, 15) is 19.1 Å². The van der Waals surface area contributed by atoms with Gasteiger partial charge in [-0.2, -0.15) is 0 Å². The number of rotatable bonds is 4. The van der Waals surface area contributed by atoms with Crippen molar-refractivity contribution in [2.45, 2.75) is 12.6 Å². The number of aliphatic hydroxyl groups excluding tert-OH is 1. The highest BCUT2D eigenvalue weighted by Crippen LogP contribution is 2.40. The average molecular weight is 388 g/mol. The molecule has 1 aromatic heterocycles. The lowest BCUT2D eigenvalue weighted by atomic mass is 9.95. The Labute approximate surface area is 166 Å². The molecule has 6 heteroatoms. The van der Waals surface area contributed by atoms with Crippen LogP contribution < -0.4 is 0 Å². The Morgan fingerprint density at radius 3 is 2.38 bits per heavy atom. The Hall–Kier alpha value is -3.80. The van der Waals surface area contributed by atoms with Gasteiger partial charge in [0.25, 0.3) is 11.7 Å². The van der Waals surface area contributed by atoms with Crippen molar-refractivity contribution in [2.75, 3.05) is 0 Å². The molecule has 0 unspecified atom stereocenters. The van der Waals surface area contributed by atoms with Crippen LogP contribution in [-0.2, 0) is 16.1 Å². The van der Waals surface area contributed by atoms with Gasteiger partial charge in [0.1, 0.15) is 11.6 Å². The van der Waals surface area contributed by atoms with E-state index in [0.29, 0.717) is 5.56 Å². The molecule has 1 N–H and O–H groups in total. The van der Waals surface area contributed by atoms with E-state index in [1.54, 1.807) is 42.7 Å². The first-order valence-electron chi connectivity index (χ1n) is 9.04. The SMILES string of the molecule is O=C1C(=O)N(Cc2cccnc2)[C@H](c2ccccc2)/C1=C(\O)c1ccc(F)cc1. The molecule has 0 spiro atoms. The van der Waals surface area contributed by atoms with Gasteiger partial charge in [-0.25, -0.2) is 4.39 Å². The molecule has 0 saturated carbocycles. The number of aliphatic hydroxyl groups is 1. The van der Waals surface area contributed by atoms with Crippen molar-refractivity contribution in [2.24, 2.45) is 0 Å². The number of aromatic nitrogens is 1. The van der Waals surface area contributed by atoms with Crippen molar-refractivity contribution in [1.82, 2.24) is 9.88 Å². The number of carbonyl (C=O) groups is 2. The lowest BCUT2D eigenvalue weighted by Gasteiger charge is -2.25. The van der Waals surface area contributed by atoms with Crippen LogP contribution >= 0.6 is 0 Å². The number of hydrogen-bond donors (Lipinski definition) is 1. The Morgan fingerprint density at radius 2 is 1.72 bits per heavy atom. The second kappa shape index (κ2) is 7.67. The predicted molar refractivity (Wildman–Crippen MR) is 105 cm³/mol. The van der Waals surface area contributed by atoms with Gasteiger partial charge in [0.2, 0.25) is 0 Å². The number of Topliss-reactive ketones (excluding diaryl/α,β-unsaturated/α-hetero) is 1. The maximum absolute atomic E-state index is 13.3. The second-order valence-corrected chi connectivity index (χ2v) is 6.71. The van der Waals surface area contributed by atoms with Crippen LogP contribution in [0.1, 0.15) is 22.7 Å². The maximum atomic E-state index is 13.3. The van der Waals surface area contributed by atoms with Crippen molar-refractivity contribution in [3.8, 4) is 0 Å². The Kier molecular flexibility index (Phi) is 4.91. The number of ketones is 1. The van der Waals surface area contributed by atoms with Gasteiger partial charge < -0.3 is 10.0 Å². The average Bonchev–Trinajstić information content (AvgIpc) is 3.00.